The van der Waals surface area contributed by atoms with E-state index in [-0.39, 0.29) is 16.6 Å². The molecule has 1 aromatic carbocycles. The van der Waals surface area contributed by atoms with Gasteiger partial charge in [0.1, 0.15) is 28.2 Å². The van der Waals surface area contributed by atoms with Crippen molar-refractivity contribution in [2.45, 2.75) is 55.0 Å². The van der Waals surface area contributed by atoms with Crippen molar-refractivity contribution < 1.29 is 5.11 Å². The number of thioether (sulfide) groups is 1. The van der Waals surface area contributed by atoms with Gasteiger partial charge in [-0.1, -0.05) is 23.9 Å². The summed E-state index contributed by atoms with van der Waals surface area (Å²) in [5.74, 6) is 1.68. The fourth-order valence-electron chi connectivity index (χ4n) is 3.28. The van der Waals surface area contributed by atoms with Crippen LogP contribution >= 0.6 is 23.1 Å². The molecule has 2 fully saturated rings. The number of aliphatic hydroxyl groups excluding tert-OH is 1. The maximum atomic E-state index is 10.8. The Hall–Kier alpha value is -2.37. The average Bonchev–Trinajstić information content (AvgIpc) is 3.63. The van der Waals surface area contributed by atoms with Gasteiger partial charge < -0.3 is 9.67 Å². The third-order valence-corrected chi connectivity index (χ3v) is 7.21. The maximum Gasteiger partial charge on any atom is 0.192 e. The van der Waals surface area contributed by atoms with E-state index in [1.165, 1.54) is 35.9 Å². The van der Waals surface area contributed by atoms with Gasteiger partial charge in [0, 0.05) is 12.0 Å². The van der Waals surface area contributed by atoms with Crippen LogP contribution in [0.3, 0.4) is 0 Å². The molecule has 1 atom stereocenters. The second-order valence-electron chi connectivity index (χ2n) is 7.34. The van der Waals surface area contributed by atoms with Crippen LogP contribution in [0.2, 0.25) is 0 Å². The molecule has 6 nitrogen and oxygen atoms in total. The molecule has 2 heterocycles. The van der Waals surface area contributed by atoms with Gasteiger partial charge in [-0.3, -0.25) is 0 Å². The summed E-state index contributed by atoms with van der Waals surface area (Å²) in [7, 11) is 0. The van der Waals surface area contributed by atoms with Crippen molar-refractivity contribution in [2.75, 3.05) is 0 Å². The lowest BCUT2D eigenvalue weighted by molar-refractivity contribution is 0.402. The van der Waals surface area contributed by atoms with E-state index in [2.05, 4.69) is 25.8 Å². The van der Waals surface area contributed by atoms with Crippen LogP contribution in [0.4, 0.5) is 0 Å². The SMILES string of the molecule is CC(Sc1nnc(C2CC2)n1C1CC1)/C(O)=C(\C#N)c1nc2ccccc2s1. The van der Waals surface area contributed by atoms with E-state index in [0.29, 0.717) is 17.0 Å². The molecule has 28 heavy (non-hydrogen) atoms. The molecule has 2 saturated carbocycles. The van der Waals surface area contributed by atoms with Crippen LogP contribution < -0.4 is 0 Å². The van der Waals surface area contributed by atoms with Crippen LogP contribution in [-0.2, 0) is 0 Å². The highest BCUT2D eigenvalue weighted by Gasteiger charge is 2.37. The molecule has 0 spiro atoms. The van der Waals surface area contributed by atoms with Crippen LogP contribution in [0.1, 0.15) is 55.4 Å². The van der Waals surface area contributed by atoms with Crippen molar-refractivity contribution in [3.63, 3.8) is 0 Å². The molecule has 5 rings (SSSR count). The molecule has 0 bridgehead atoms. The summed E-state index contributed by atoms with van der Waals surface area (Å²) in [4.78, 5) is 4.52. The number of thiazole rings is 1. The van der Waals surface area contributed by atoms with Gasteiger partial charge in [0.15, 0.2) is 5.16 Å². The number of hydrogen-bond acceptors (Lipinski definition) is 7. The Morgan fingerprint density at radius 1 is 1.29 bits per heavy atom. The monoisotopic (exact) mass is 409 g/mol. The zero-order chi connectivity index (χ0) is 19.3. The number of para-hydroxylation sites is 1. The number of nitriles is 1. The molecule has 1 N–H and O–H groups in total. The van der Waals surface area contributed by atoms with Crippen molar-refractivity contribution in [2.24, 2.45) is 0 Å². The molecule has 8 heteroatoms. The van der Waals surface area contributed by atoms with Gasteiger partial charge in [-0.05, 0) is 44.7 Å². The van der Waals surface area contributed by atoms with E-state index in [1.54, 1.807) is 0 Å². The van der Waals surface area contributed by atoms with Gasteiger partial charge in [-0.2, -0.15) is 5.26 Å². The standard InChI is InChI=1S/C20H19N5OS2/c1-11(27-20-24-23-18(12-6-7-12)25(20)13-8-9-13)17(26)14(10-21)19-22-15-4-2-3-5-16(15)28-19/h2-5,11-13,26H,6-9H2,1H3/b17-14-. The second-order valence-corrected chi connectivity index (χ2v) is 9.67. The zero-order valence-electron chi connectivity index (χ0n) is 15.4. The van der Waals surface area contributed by atoms with E-state index >= 15 is 0 Å². The molecule has 0 radical (unpaired) electrons. The summed E-state index contributed by atoms with van der Waals surface area (Å²) in [6.07, 6.45) is 4.70. The van der Waals surface area contributed by atoms with Gasteiger partial charge in [-0.25, -0.2) is 4.98 Å². The predicted molar refractivity (Wildman–Crippen MR) is 110 cm³/mol. The summed E-state index contributed by atoms with van der Waals surface area (Å²) in [5.41, 5.74) is 1.08. The first-order valence-corrected chi connectivity index (χ1v) is 11.2. The molecular formula is C20H19N5OS2. The molecule has 1 unspecified atom stereocenters. The number of aromatic nitrogens is 4. The number of hydrogen-bond donors (Lipinski definition) is 1. The highest BCUT2D eigenvalue weighted by Crippen LogP contribution is 2.46. The van der Waals surface area contributed by atoms with E-state index in [0.717, 1.165) is 34.0 Å². The quantitative estimate of drug-likeness (QED) is 0.347. The van der Waals surface area contributed by atoms with E-state index in [9.17, 15) is 10.4 Å². The molecule has 142 valence electrons. The first-order chi connectivity index (χ1) is 13.7. The highest BCUT2D eigenvalue weighted by molar-refractivity contribution is 7.99. The third-order valence-electron chi connectivity index (χ3n) is 5.09. The number of nitrogens with zero attached hydrogens (tertiary/aromatic N) is 5. The second kappa shape index (κ2) is 6.90. The topological polar surface area (TPSA) is 87.6 Å². The minimum absolute atomic E-state index is 0.0462. The Labute approximate surface area is 170 Å². The predicted octanol–water partition coefficient (Wildman–Crippen LogP) is 5.07. The van der Waals surface area contributed by atoms with Gasteiger partial charge in [0.2, 0.25) is 0 Å². The van der Waals surface area contributed by atoms with Crippen LogP contribution in [0, 0.1) is 11.3 Å². The van der Waals surface area contributed by atoms with Gasteiger partial charge in [0.25, 0.3) is 0 Å². The number of rotatable bonds is 6. The van der Waals surface area contributed by atoms with Gasteiger partial charge in [0.05, 0.1) is 15.5 Å². The smallest absolute Gasteiger partial charge is 0.192 e. The largest absolute Gasteiger partial charge is 0.510 e. The van der Waals surface area contributed by atoms with Crippen LogP contribution in [-0.4, -0.2) is 30.1 Å². The van der Waals surface area contributed by atoms with Crippen molar-refractivity contribution in [3.8, 4) is 6.07 Å². The lowest BCUT2D eigenvalue weighted by Gasteiger charge is -2.13. The summed E-state index contributed by atoms with van der Waals surface area (Å²) in [5, 5.41) is 30.4. The molecular weight excluding hydrogens is 390 g/mol. The Balaban J connectivity index is 1.45. The first kappa shape index (κ1) is 17.7. The minimum Gasteiger partial charge on any atom is -0.510 e. The van der Waals surface area contributed by atoms with E-state index < -0.39 is 0 Å². The number of aliphatic hydroxyl groups is 1. The van der Waals surface area contributed by atoms with Gasteiger partial charge in [-0.15, -0.1) is 21.5 Å². The van der Waals surface area contributed by atoms with Crippen molar-refractivity contribution >= 4 is 38.9 Å². The molecule has 2 aliphatic carbocycles. The van der Waals surface area contributed by atoms with Crippen molar-refractivity contribution in [3.05, 3.63) is 40.9 Å². The Morgan fingerprint density at radius 3 is 2.75 bits per heavy atom. The zero-order valence-corrected chi connectivity index (χ0v) is 17.0. The Bertz CT molecular complexity index is 1080. The summed E-state index contributed by atoms with van der Waals surface area (Å²) < 4.78 is 3.26. The van der Waals surface area contributed by atoms with Crippen LogP contribution in [0.25, 0.3) is 15.8 Å². The molecule has 3 aromatic rings. The Kier molecular flexibility index (Phi) is 4.37. The summed E-state index contributed by atoms with van der Waals surface area (Å²) >= 11 is 2.89. The summed E-state index contributed by atoms with van der Waals surface area (Å²) in [6, 6.07) is 10.4. The highest BCUT2D eigenvalue weighted by atomic mass is 32.2. The first-order valence-electron chi connectivity index (χ1n) is 9.46. The van der Waals surface area contributed by atoms with E-state index in [1.807, 2.05) is 31.2 Å². The van der Waals surface area contributed by atoms with Crippen LogP contribution in [0.5, 0.6) is 0 Å². The molecule has 2 aromatic heterocycles. The fourth-order valence-corrected chi connectivity index (χ4v) is 5.23. The van der Waals surface area contributed by atoms with Crippen molar-refractivity contribution in [1.82, 2.24) is 19.7 Å². The maximum absolute atomic E-state index is 10.8. The lowest BCUT2D eigenvalue weighted by Crippen LogP contribution is -2.08. The lowest BCUT2D eigenvalue weighted by atomic mass is 10.2. The molecule has 0 aliphatic heterocycles. The molecule has 0 amide bonds. The minimum atomic E-state index is -0.310. The van der Waals surface area contributed by atoms with Gasteiger partial charge >= 0.3 is 0 Å². The molecule has 2 aliphatic rings. The van der Waals surface area contributed by atoms with Crippen LogP contribution in [0.15, 0.2) is 35.2 Å². The van der Waals surface area contributed by atoms with Crippen molar-refractivity contribution in [1.29, 1.82) is 5.26 Å². The number of benzene rings is 1. The average molecular weight is 410 g/mol. The van der Waals surface area contributed by atoms with E-state index in [4.69, 9.17) is 0 Å². The molecule has 0 saturated heterocycles. The number of fused-ring (bicyclic) bond motifs is 1. The summed E-state index contributed by atoms with van der Waals surface area (Å²) in [6.45, 7) is 1.90. The number of allylic oxidation sites excluding steroid dienone is 1. The Morgan fingerprint density at radius 2 is 2.07 bits per heavy atom. The normalized spacial score (nSPS) is 18.7. The third kappa shape index (κ3) is 3.19. The fraction of sp³-hybridized carbons (Fsp3) is 0.400.